The second-order valence-corrected chi connectivity index (χ2v) is 2.11. The molecule has 0 amide bonds. The van der Waals surface area contributed by atoms with E-state index in [1.807, 2.05) is 0 Å². The number of aliphatic carboxylic acids is 1. The molecule has 0 aliphatic carbocycles. The number of carbonyl (C=O) groups excluding carboxylic acids is 1. The summed E-state index contributed by atoms with van der Waals surface area (Å²) in [5, 5.41) is 8.23. The Morgan fingerprint density at radius 3 is 2.36 bits per heavy atom. The van der Waals surface area contributed by atoms with Crippen LogP contribution in [0.4, 0.5) is 0 Å². The predicted molar refractivity (Wildman–Crippen MR) is 38.0 cm³/mol. The molecule has 0 aliphatic rings. The molecular weight excluding hydrogens is 148 g/mol. The average Bonchev–Trinajstić information content (AvgIpc) is 1.82. The minimum atomic E-state index is -1.03. The van der Waals surface area contributed by atoms with Crippen LogP contribution in [0.25, 0.3) is 0 Å². The molecule has 0 rings (SSSR count). The third-order valence-electron chi connectivity index (χ3n) is 0.873. The Morgan fingerprint density at radius 1 is 1.45 bits per heavy atom. The first-order chi connectivity index (χ1) is 5.02. The molecule has 0 aromatic heterocycles. The van der Waals surface area contributed by atoms with Gasteiger partial charge in [0, 0.05) is 13.0 Å². The lowest BCUT2D eigenvalue weighted by Gasteiger charge is -1.99. The maximum Gasteiger partial charge on any atom is 0.328 e. The highest BCUT2D eigenvalue weighted by Crippen LogP contribution is 1.93. The number of hydrogen-bond acceptors (Lipinski definition) is 3. The van der Waals surface area contributed by atoms with E-state index in [0.29, 0.717) is 5.57 Å². The third-order valence-corrected chi connectivity index (χ3v) is 0.873. The molecule has 0 aromatic rings. The molecular formula is C7H10O4. The molecule has 1 N–H and O–H groups in total. The van der Waals surface area contributed by atoms with E-state index in [0.717, 1.165) is 6.08 Å². The number of rotatable bonds is 3. The molecule has 0 spiro atoms. The first-order valence-electron chi connectivity index (χ1n) is 3.06. The molecule has 0 saturated heterocycles. The lowest BCUT2D eigenvalue weighted by molar-refractivity contribution is -0.140. The molecule has 4 nitrogen and oxygen atoms in total. The fraction of sp³-hybridized carbons (Fsp3) is 0.429. The van der Waals surface area contributed by atoms with Gasteiger partial charge in [-0.05, 0) is 12.5 Å². The van der Waals surface area contributed by atoms with Crippen molar-refractivity contribution in [3.8, 4) is 0 Å². The monoisotopic (exact) mass is 158 g/mol. The second-order valence-electron chi connectivity index (χ2n) is 2.11. The van der Waals surface area contributed by atoms with Crippen LogP contribution in [-0.2, 0) is 14.3 Å². The van der Waals surface area contributed by atoms with Gasteiger partial charge in [-0.2, -0.15) is 0 Å². The summed E-state index contributed by atoms with van der Waals surface area (Å²) in [6, 6.07) is 0. The zero-order chi connectivity index (χ0) is 8.85. The summed E-state index contributed by atoms with van der Waals surface area (Å²) < 4.78 is 4.53. The quantitative estimate of drug-likeness (QED) is 0.482. The van der Waals surface area contributed by atoms with Crippen LogP contribution in [0.3, 0.4) is 0 Å². The summed E-state index contributed by atoms with van der Waals surface area (Å²) in [6.45, 7) is 2.90. The molecule has 0 fully saturated rings. The van der Waals surface area contributed by atoms with Gasteiger partial charge in [0.25, 0.3) is 0 Å². The topological polar surface area (TPSA) is 63.6 Å². The first-order valence-corrected chi connectivity index (χ1v) is 3.06. The van der Waals surface area contributed by atoms with Crippen molar-refractivity contribution in [3.63, 3.8) is 0 Å². The third kappa shape index (κ3) is 6.57. The van der Waals surface area contributed by atoms with Crippen LogP contribution >= 0.6 is 0 Å². The van der Waals surface area contributed by atoms with Crippen LogP contribution in [0.1, 0.15) is 13.8 Å². The molecule has 0 unspecified atom stereocenters. The van der Waals surface area contributed by atoms with Gasteiger partial charge in [-0.15, -0.1) is 0 Å². The summed E-state index contributed by atoms with van der Waals surface area (Å²) in [6.07, 6.45) is 1.00. The van der Waals surface area contributed by atoms with Gasteiger partial charge in [0.05, 0.1) is 0 Å². The van der Waals surface area contributed by atoms with E-state index in [1.54, 1.807) is 6.92 Å². The largest absolute Gasteiger partial charge is 0.478 e. The van der Waals surface area contributed by atoms with Crippen LogP contribution in [0.15, 0.2) is 11.6 Å². The van der Waals surface area contributed by atoms with Crippen molar-refractivity contribution in [2.24, 2.45) is 0 Å². The van der Waals surface area contributed by atoms with Gasteiger partial charge < -0.3 is 9.84 Å². The van der Waals surface area contributed by atoms with Crippen molar-refractivity contribution in [1.29, 1.82) is 0 Å². The van der Waals surface area contributed by atoms with Crippen molar-refractivity contribution in [1.82, 2.24) is 0 Å². The molecule has 0 aliphatic heterocycles. The van der Waals surface area contributed by atoms with E-state index in [2.05, 4.69) is 4.74 Å². The molecule has 11 heavy (non-hydrogen) atoms. The van der Waals surface area contributed by atoms with Gasteiger partial charge in [0.2, 0.25) is 0 Å². The Balaban J connectivity index is 3.77. The van der Waals surface area contributed by atoms with Crippen LogP contribution in [0, 0.1) is 0 Å². The summed E-state index contributed by atoms with van der Waals surface area (Å²) in [4.78, 5) is 20.3. The van der Waals surface area contributed by atoms with Gasteiger partial charge in [-0.25, -0.2) is 4.79 Å². The number of hydrogen-bond donors (Lipinski definition) is 1. The second kappa shape index (κ2) is 4.49. The van der Waals surface area contributed by atoms with Crippen molar-refractivity contribution in [2.45, 2.75) is 13.8 Å². The molecule has 0 bridgehead atoms. The van der Waals surface area contributed by atoms with E-state index < -0.39 is 11.9 Å². The number of carbonyl (C=O) groups is 2. The zero-order valence-corrected chi connectivity index (χ0v) is 6.46. The first kappa shape index (κ1) is 9.68. The van der Waals surface area contributed by atoms with Crippen molar-refractivity contribution >= 4 is 11.9 Å². The standard InChI is InChI=1S/C7H10O4/c1-5(3-7(9)10)4-11-6(2)8/h3H,4H2,1-2H3,(H,9,10)/b5-3+. The number of ether oxygens (including phenoxy) is 1. The van der Waals surface area contributed by atoms with Crippen molar-refractivity contribution in [3.05, 3.63) is 11.6 Å². The highest BCUT2D eigenvalue weighted by Gasteiger charge is 1.96. The van der Waals surface area contributed by atoms with E-state index in [1.165, 1.54) is 6.92 Å². The molecule has 0 saturated carbocycles. The van der Waals surface area contributed by atoms with Gasteiger partial charge in [-0.3, -0.25) is 4.79 Å². The van der Waals surface area contributed by atoms with Crippen molar-refractivity contribution < 1.29 is 19.4 Å². The SMILES string of the molecule is CC(=O)OC/C(C)=C/C(=O)O. The van der Waals surface area contributed by atoms with E-state index in [4.69, 9.17) is 5.11 Å². The van der Waals surface area contributed by atoms with E-state index in [-0.39, 0.29) is 6.61 Å². The van der Waals surface area contributed by atoms with Gasteiger partial charge in [0.15, 0.2) is 0 Å². The molecule has 0 heterocycles. The Labute approximate surface area is 64.5 Å². The molecule has 4 heteroatoms. The average molecular weight is 158 g/mol. The summed E-state index contributed by atoms with van der Waals surface area (Å²) in [5.74, 6) is -1.45. The Kier molecular flexibility index (Phi) is 3.95. The van der Waals surface area contributed by atoms with Gasteiger partial charge >= 0.3 is 11.9 Å². The predicted octanol–water partition coefficient (Wildman–Crippen LogP) is 0.580. The highest BCUT2D eigenvalue weighted by atomic mass is 16.5. The molecule has 0 atom stereocenters. The Morgan fingerprint density at radius 2 is 2.00 bits per heavy atom. The van der Waals surface area contributed by atoms with Gasteiger partial charge in [-0.1, -0.05) is 0 Å². The maximum absolute atomic E-state index is 10.2. The molecule has 0 radical (unpaired) electrons. The zero-order valence-electron chi connectivity index (χ0n) is 6.46. The minimum Gasteiger partial charge on any atom is -0.478 e. The fourth-order valence-electron chi connectivity index (χ4n) is 0.468. The smallest absolute Gasteiger partial charge is 0.328 e. The summed E-state index contributed by atoms with van der Waals surface area (Å²) >= 11 is 0. The van der Waals surface area contributed by atoms with Gasteiger partial charge in [0.1, 0.15) is 6.61 Å². The molecule has 0 aromatic carbocycles. The van der Waals surface area contributed by atoms with E-state index in [9.17, 15) is 9.59 Å². The van der Waals surface area contributed by atoms with Crippen LogP contribution in [0.2, 0.25) is 0 Å². The highest BCUT2D eigenvalue weighted by molar-refractivity contribution is 5.80. The fourth-order valence-corrected chi connectivity index (χ4v) is 0.468. The van der Waals surface area contributed by atoms with Crippen LogP contribution < -0.4 is 0 Å². The van der Waals surface area contributed by atoms with Crippen molar-refractivity contribution in [2.75, 3.05) is 6.61 Å². The summed E-state index contributed by atoms with van der Waals surface area (Å²) in [5.41, 5.74) is 0.507. The van der Waals surface area contributed by atoms with Crippen LogP contribution in [0.5, 0.6) is 0 Å². The van der Waals surface area contributed by atoms with E-state index >= 15 is 0 Å². The normalized spacial score (nSPS) is 10.9. The number of esters is 1. The lowest BCUT2D eigenvalue weighted by Crippen LogP contribution is -2.02. The maximum atomic E-state index is 10.2. The number of carboxylic acids is 1. The number of carboxylic acid groups (broad SMARTS) is 1. The minimum absolute atomic E-state index is 0.0433. The Hall–Kier alpha value is -1.32. The Bertz CT molecular complexity index is 193. The van der Waals surface area contributed by atoms with Crippen LogP contribution in [-0.4, -0.2) is 23.7 Å². The summed E-state index contributed by atoms with van der Waals surface area (Å²) in [7, 11) is 0. The molecule has 62 valence electrons. The lowest BCUT2D eigenvalue weighted by atomic mass is 10.3.